The van der Waals surface area contributed by atoms with Crippen molar-refractivity contribution < 1.29 is 0 Å². The third kappa shape index (κ3) is 2.33. The number of hydrogen-bond acceptors (Lipinski definition) is 1. The molecule has 0 radical (unpaired) electrons. The zero-order chi connectivity index (χ0) is 13.3. The molecule has 19 heavy (non-hydrogen) atoms. The first-order valence-corrected chi connectivity index (χ1v) is 6.84. The van der Waals surface area contributed by atoms with Gasteiger partial charge in [0, 0.05) is 12.1 Å². The Bertz CT molecular complexity index is 569. The highest BCUT2D eigenvalue weighted by Gasteiger charge is 2.57. The SMILES string of the molecule is CC1(C)[C@H](C=Nc2ccccc2)[C@H]1c1ccccc1. The molecule has 2 atom stereocenters. The minimum Gasteiger partial charge on any atom is -0.261 e. The standard InChI is InChI=1S/C18H19N/c1-18(2)16(13-19-15-11-7-4-8-12-15)17(18)14-9-5-3-6-10-14/h3-13,16-17H,1-2H3/t16-,17-/m1/s1. The van der Waals surface area contributed by atoms with E-state index in [9.17, 15) is 0 Å². The number of benzene rings is 2. The van der Waals surface area contributed by atoms with Crippen molar-refractivity contribution in [1.29, 1.82) is 0 Å². The van der Waals surface area contributed by atoms with Gasteiger partial charge in [0.2, 0.25) is 0 Å². The van der Waals surface area contributed by atoms with Crippen LogP contribution in [0.4, 0.5) is 5.69 Å². The van der Waals surface area contributed by atoms with Gasteiger partial charge in [0.1, 0.15) is 0 Å². The normalized spacial score (nSPS) is 24.5. The highest BCUT2D eigenvalue weighted by molar-refractivity contribution is 5.73. The van der Waals surface area contributed by atoms with Gasteiger partial charge in [-0.05, 0) is 29.0 Å². The number of rotatable bonds is 3. The van der Waals surface area contributed by atoms with E-state index in [1.54, 1.807) is 0 Å². The first-order chi connectivity index (χ1) is 9.19. The second kappa shape index (κ2) is 4.65. The molecule has 0 bridgehead atoms. The summed E-state index contributed by atoms with van der Waals surface area (Å²) >= 11 is 0. The summed E-state index contributed by atoms with van der Waals surface area (Å²) in [6, 6.07) is 20.9. The second-order valence-electron chi connectivity index (χ2n) is 5.85. The van der Waals surface area contributed by atoms with Crippen LogP contribution < -0.4 is 0 Å². The molecule has 3 rings (SSSR count). The van der Waals surface area contributed by atoms with Crippen molar-refractivity contribution in [2.45, 2.75) is 19.8 Å². The molecule has 0 aromatic heterocycles. The number of hydrogen-bond donors (Lipinski definition) is 0. The highest BCUT2D eigenvalue weighted by Crippen LogP contribution is 2.63. The fraction of sp³-hybridized carbons (Fsp3) is 0.278. The molecule has 2 aromatic carbocycles. The molecule has 0 amide bonds. The predicted molar refractivity (Wildman–Crippen MR) is 81.0 cm³/mol. The Kier molecular flexibility index (Phi) is 2.98. The van der Waals surface area contributed by atoms with Gasteiger partial charge < -0.3 is 0 Å². The van der Waals surface area contributed by atoms with Gasteiger partial charge in [0.05, 0.1) is 5.69 Å². The molecule has 1 aliphatic carbocycles. The van der Waals surface area contributed by atoms with Crippen LogP contribution in [0.3, 0.4) is 0 Å². The van der Waals surface area contributed by atoms with Crippen LogP contribution in [0.5, 0.6) is 0 Å². The number of para-hydroxylation sites is 1. The predicted octanol–water partition coefficient (Wildman–Crippen LogP) is 4.83. The zero-order valence-electron chi connectivity index (χ0n) is 11.5. The summed E-state index contributed by atoms with van der Waals surface area (Å²) in [5.74, 6) is 1.14. The Morgan fingerprint density at radius 3 is 2.11 bits per heavy atom. The van der Waals surface area contributed by atoms with Crippen LogP contribution in [0.2, 0.25) is 0 Å². The molecule has 1 nitrogen and oxygen atoms in total. The van der Waals surface area contributed by atoms with Crippen molar-refractivity contribution in [3.8, 4) is 0 Å². The van der Waals surface area contributed by atoms with Gasteiger partial charge in [0.25, 0.3) is 0 Å². The van der Waals surface area contributed by atoms with Gasteiger partial charge in [-0.2, -0.15) is 0 Å². The van der Waals surface area contributed by atoms with Crippen molar-refractivity contribution in [3.63, 3.8) is 0 Å². The maximum atomic E-state index is 4.61. The van der Waals surface area contributed by atoms with E-state index in [-0.39, 0.29) is 0 Å². The van der Waals surface area contributed by atoms with E-state index in [1.807, 2.05) is 30.3 Å². The highest BCUT2D eigenvalue weighted by atomic mass is 14.8. The Morgan fingerprint density at radius 1 is 0.895 bits per heavy atom. The third-order valence-electron chi connectivity index (χ3n) is 4.21. The third-order valence-corrected chi connectivity index (χ3v) is 4.21. The molecular formula is C18H19N. The summed E-state index contributed by atoms with van der Waals surface area (Å²) in [4.78, 5) is 4.61. The van der Waals surface area contributed by atoms with Gasteiger partial charge >= 0.3 is 0 Å². The first kappa shape index (κ1) is 12.2. The molecule has 0 heterocycles. The van der Waals surface area contributed by atoms with Gasteiger partial charge in [-0.1, -0.05) is 62.4 Å². The van der Waals surface area contributed by atoms with Crippen LogP contribution in [-0.4, -0.2) is 6.21 Å². The maximum absolute atomic E-state index is 4.61. The van der Waals surface area contributed by atoms with Gasteiger partial charge in [-0.25, -0.2) is 0 Å². The molecule has 0 aliphatic heterocycles. The fourth-order valence-electron chi connectivity index (χ4n) is 2.93. The summed E-state index contributed by atoms with van der Waals surface area (Å²) in [6.07, 6.45) is 2.13. The Balaban J connectivity index is 1.78. The molecule has 0 spiro atoms. The summed E-state index contributed by atoms with van der Waals surface area (Å²) in [6.45, 7) is 4.65. The van der Waals surface area contributed by atoms with Crippen molar-refractivity contribution >= 4 is 11.9 Å². The summed E-state index contributed by atoms with van der Waals surface area (Å²) in [7, 11) is 0. The Morgan fingerprint density at radius 2 is 1.47 bits per heavy atom. The second-order valence-corrected chi connectivity index (χ2v) is 5.85. The van der Waals surface area contributed by atoms with E-state index in [0.717, 1.165) is 5.69 Å². The lowest BCUT2D eigenvalue weighted by Crippen LogP contribution is -1.90. The summed E-state index contributed by atoms with van der Waals surface area (Å²) < 4.78 is 0. The average molecular weight is 249 g/mol. The van der Waals surface area contributed by atoms with Crippen LogP contribution in [-0.2, 0) is 0 Å². The van der Waals surface area contributed by atoms with E-state index >= 15 is 0 Å². The van der Waals surface area contributed by atoms with E-state index in [0.29, 0.717) is 17.3 Å². The Labute approximate surface area is 115 Å². The van der Waals surface area contributed by atoms with E-state index in [1.165, 1.54) is 5.56 Å². The molecule has 96 valence electrons. The average Bonchev–Trinajstić information content (AvgIpc) is 3.00. The number of aliphatic imine (C=N–C) groups is 1. The fourth-order valence-corrected chi connectivity index (χ4v) is 2.93. The topological polar surface area (TPSA) is 12.4 Å². The van der Waals surface area contributed by atoms with E-state index in [2.05, 4.69) is 55.4 Å². The lowest BCUT2D eigenvalue weighted by Gasteiger charge is -2.01. The smallest absolute Gasteiger partial charge is 0.0625 e. The van der Waals surface area contributed by atoms with E-state index < -0.39 is 0 Å². The maximum Gasteiger partial charge on any atom is 0.0625 e. The molecular weight excluding hydrogens is 230 g/mol. The van der Waals surface area contributed by atoms with Crippen LogP contribution in [0.15, 0.2) is 65.7 Å². The first-order valence-electron chi connectivity index (χ1n) is 6.84. The van der Waals surface area contributed by atoms with Crippen LogP contribution in [0.1, 0.15) is 25.3 Å². The number of nitrogens with zero attached hydrogens (tertiary/aromatic N) is 1. The molecule has 2 aromatic rings. The summed E-state index contributed by atoms with van der Waals surface area (Å²) in [5.41, 5.74) is 2.79. The Hall–Kier alpha value is -1.89. The molecule has 1 aliphatic rings. The van der Waals surface area contributed by atoms with Gasteiger partial charge in [-0.15, -0.1) is 0 Å². The lowest BCUT2D eigenvalue weighted by atomic mass is 10.0. The quantitative estimate of drug-likeness (QED) is 0.691. The minimum absolute atomic E-state index is 0.319. The van der Waals surface area contributed by atoms with Gasteiger partial charge in [0.15, 0.2) is 0 Å². The molecule has 0 unspecified atom stereocenters. The van der Waals surface area contributed by atoms with Crippen molar-refractivity contribution in [3.05, 3.63) is 66.2 Å². The molecule has 1 heteroatoms. The van der Waals surface area contributed by atoms with Crippen molar-refractivity contribution in [2.24, 2.45) is 16.3 Å². The van der Waals surface area contributed by atoms with Crippen molar-refractivity contribution in [2.75, 3.05) is 0 Å². The van der Waals surface area contributed by atoms with Crippen molar-refractivity contribution in [1.82, 2.24) is 0 Å². The molecule has 0 saturated heterocycles. The van der Waals surface area contributed by atoms with Gasteiger partial charge in [-0.3, -0.25) is 4.99 Å². The van der Waals surface area contributed by atoms with Crippen LogP contribution >= 0.6 is 0 Å². The van der Waals surface area contributed by atoms with E-state index in [4.69, 9.17) is 0 Å². The molecule has 1 saturated carbocycles. The molecule has 1 fully saturated rings. The summed E-state index contributed by atoms with van der Waals surface area (Å²) in [5, 5.41) is 0. The molecule has 0 N–H and O–H groups in total. The largest absolute Gasteiger partial charge is 0.261 e. The van der Waals surface area contributed by atoms with Crippen LogP contribution in [0.25, 0.3) is 0 Å². The van der Waals surface area contributed by atoms with Crippen LogP contribution in [0, 0.1) is 11.3 Å². The minimum atomic E-state index is 0.319. The lowest BCUT2D eigenvalue weighted by molar-refractivity contribution is 0.604. The monoisotopic (exact) mass is 249 g/mol. The zero-order valence-corrected chi connectivity index (χ0v) is 11.5.